The summed E-state index contributed by atoms with van der Waals surface area (Å²) in [6.07, 6.45) is 1.86. The first-order valence-electron chi connectivity index (χ1n) is 11.8. The van der Waals surface area contributed by atoms with Crippen LogP contribution in [-0.4, -0.2) is 36.8 Å². The molecule has 2 N–H and O–H groups in total. The third-order valence-corrected chi connectivity index (χ3v) is 5.69. The van der Waals surface area contributed by atoms with Gasteiger partial charge in [0.2, 0.25) is 0 Å². The molecule has 186 valence electrons. The van der Waals surface area contributed by atoms with Gasteiger partial charge in [-0.1, -0.05) is 32.9 Å². The average Bonchev–Trinajstić information content (AvgIpc) is 2.83. The molecule has 3 rings (SSSR count). The summed E-state index contributed by atoms with van der Waals surface area (Å²) >= 11 is 0. The van der Waals surface area contributed by atoms with Crippen molar-refractivity contribution in [3.8, 4) is 5.75 Å². The smallest absolute Gasteiger partial charge is 0.303 e. The van der Waals surface area contributed by atoms with Crippen molar-refractivity contribution in [3.63, 3.8) is 0 Å². The van der Waals surface area contributed by atoms with Crippen molar-refractivity contribution < 1.29 is 19.4 Å². The molecule has 0 aliphatic carbocycles. The number of aromatic nitrogens is 1. The number of carboxylic acid groups (broad SMARTS) is 1. The molecule has 7 nitrogen and oxygen atoms in total. The fourth-order valence-corrected chi connectivity index (χ4v) is 3.93. The molecule has 0 bridgehead atoms. The Kier molecular flexibility index (Phi) is 9.09. The number of nitrogens with one attached hydrogen (secondary N) is 1. The first-order chi connectivity index (χ1) is 16.8. The standard InChI is InChI=1S/C28H35N3O4/c1-19(2)17-31(23-8-10-24(35-5)11-9-23)26-12-7-22(20(3)14-28(32)33)15-25(26)30-27-13-6-21(16-29-27)18-34-4/h6-13,15-16,19-20H,14,17-18H2,1-5H3,(H,29,30)(H,32,33)/t20-/m1/s1. The van der Waals surface area contributed by atoms with Crippen molar-refractivity contribution >= 4 is 28.8 Å². The summed E-state index contributed by atoms with van der Waals surface area (Å²) in [5, 5.41) is 12.8. The van der Waals surface area contributed by atoms with E-state index in [9.17, 15) is 9.90 Å². The van der Waals surface area contributed by atoms with Gasteiger partial charge in [-0.25, -0.2) is 4.98 Å². The Balaban J connectivity index is 2.05. The Morgan fingerprint density at radius 2 is 1.80 bits per heavy atom. The summed E-state index contributed by atoms with van der Waals surface area (Å²) < 4.78 is 10.5. The first-order valence-corrected chi connectivity index (χ1v) is 11.8. The van der Waals surface area contributed by atoms with E-state index in [4.69, 9.17) is 9.47 Å². The molecule has 3 aromatic rings. The van der Waals surface area contributed by atoms with Crippen molar-refractivity contribution in [3.05, 3.63) is 71.9 Å². The van der Waals surface area contributed by atoms with E-state index in [1.807, 2.05) is 55.5 Å². The number of rotatable bonds is 12. The Morgan fingerprint density at radius 3 is 2.37 bits per heavy atom. The lowest BCUT2D eigenvalue weighted by atomic mass is 9.96. The fourth-order valence-electron chi connectivity index (χ4n) is 3.93. The van der Waals surface area contributed by atoms with E-state index in [-0.39, 0.29) is 12.3 Å². The normalized spacial score (nSPS) is 11.8. The lowest BCUT2D eigenvalue weighted by Crippen LogP contribution is -2.23. The Bertz CT molecular complexity index is 1100. The SMILES string of the molecule is COCc1ccc(Nc2cc([C@H](C)CC(=O)O)ccc2N(CC(C)C)c2ccc(OC)cc2)nc1. The number of benzene rings is 2. The van der Waals surface area contributed by atoms with E-state index < -0.39 is 5.97 Å². The molecule has 0 fully saturated rings. The molecule has 0 saturated carbocycles. The van der Waals surface area contributed by atoms with Crippen LogP contribution in [0.15, 0.2) is 60.8 Å². The van der Waals surface area contributed by atoms with Crippen LogP contribution in [0.2, 0.25) is 0 Å². The lowest BCUT2D eigenvalue weighted by molar-refractivity contribution is -0.137. The van der Waals surface area contributed by atoms with Crippen molar-refractivity contribution in [1.82, 2.24) is 4.98 Å². The second kappa shape index (κ2) is 12.2. The van der Waals surface area contributed by atoms with Gasteiger partial charge in [-0.15, -0.1) is 0 Å². The van der Waals surface area contributed by atoms with E-state index in [2.05, 4.69) is 35.1 Å². The highest BCUT2D eigenvalue weighted by Gasteiger charge is 2.19. The number of hydrogen-bond acceptors (Lipinski definition) is 6. The largest absolute Gasteiger partial charge is 0.497 e. The number of nitrogens with zero attached hydrogens (tertiary/aromatic N) is 2. The van der Waals surface area contributed by atoms with Crippen molar-refractivity contribution in [2.75, 3.05) is 31.0 Å². The van der Waals surface area contributed by atoms with E-state index in [1.54, 1.807) is 20.4 Å². The van der Waals surface area contributed by atoms with E-state index >= 15 is 0 Å². The van der Waals surface area contributed by atoms with Crippen LogP contribution in [0.3, 0.4) is 0 Å². The van der Waals surface area contributed by atoms with E-state index in [0.29, 0.717) is 18.3 Å². The van der Waals surface area contributed by atoms with Gasteiger partial charge in [0.25, 0.3) is 0 Å². The number of ether oxygens (including phenoxy) is 2. The summed E-state index contributed by atoms with van der Waals surface area (Å²) in [5.74, 6) is 0.968. The number of methoxy groups -OCH3 is 2. The third kappa shape index (κ3) is 7.20. The molecule has 0 unspecified atom stereocenters. The number of pyridine rings is 1. The number of hydrogen-bond donors (Lipinski definition) is 2. The van der Waals surface area contributed by atoms with Crippen LogP contribution >= 0.6 is 0 Å². The van der Waals surface area contributed by atoms with Gasteiger partial charge in [-0.2, -0.15) is 0 Å². The molecule has 0 saturated heterocycles. The van der Waals surface area contributed by atoms with Crippen molar-refractivity contribution in [2.45, 2.75) is 39.7 Å². The molecule has 0 amide bonds. The van der Waals surface area contributed by atoms with Gasteiger partial charge in [0, 0.05) is 25.5 Å². The molecule has 1 heterocycles. The predicted molar refractivity (Wildman–Crippen MR) is 140 cm³/mol. The van der Waals surface area contributed by atoms with Gasteiger partial charge in [0.15, 0.2) is 0 Å². The van der Waals surface area contributed by atoms with Gasteiger partial charge < -0.3 is 24.8 Å². The quantitative estimate of drug-likeness (QED) is 0.314. The molecule has 0 radical (unpaired) electrons. The third-order valence-electron chi connectivity index (χ3n) is 5.69. The molecule has 1 aromatic heterocycles. The lowest BCUT2D eigenvalue weighted by Gasteiger charge is -2.30. The minimum absolute atomic E-state index is 0.0664. The predicted octanol–water partition coefficient (Wildman–Crippen LogP) is 6.35. The van der Waals surface area contributed by atoms with Crippen LogP contribution in [0.5, 0.6) is 5.75 Å². The highest BCUT2D eigenvalue weighted by molar-refractivity contribution is 5.80. The van der Waals surface area contributed by atoms with Crippen LogP contribution in [0, 0.1) is 5.92 Å². The number of anilines is 4. The second-order valence-corrected chi connectivity index (χ2v) is 9.09. The monoisotopic (exact) mass is 477 g/mol. The zero-order valence-electron chi connectivity index (χ0n) is 21.1. The summed E-state index contributed by atoms with van der Waals surface area (Å²) in [5.41, 5.74) is 4.83. The Hall–Kier alpha value is -3.58. The molecule has 1 atom stereocenters. The average molecular weight is 478 g/mol. The van der Waals surface area contributed by atoms with E-state index in [0.717, 1.165) is 40.5 Å². The molecular weight excluding hydrogens is 442 g/mol. The van der Waals surface area contributed by atoms with Crippen LogP contribution in [-0.2, 0) is 16.1 Å². The van der Waals surface area contributed by atoms with Crippen LogP contribution < -0.4 is 15.0 Å². The molecular formula is C28H35N3O4. The van der Waals surface area contributed by atoms with Gasteiger partial charge in [0.1, 0.15) is 11.6 Å². The maximum atomic E-state index is 11.3. The minimum Gasteiger partial charge on any atom is -0.497 e. The van der Waals surface area contributed by atoms with Crippen molar-refractivity contribution in [1.29, 1.82) is 0 Å². The second-order valence-electron chi connectivity index (χ2n) is 9.09. The van der Waals surface area contributed by atoms with E-state index in [1.165, 1.54) is 0 Å². The topological polar surface area (TPSA) is 83.9 Å². The molecule has 7 heteroatoms. The Morgan fingerprint density at radius 1 is 1.06 bits per heavy atom. The number of aliphatic carboxylic acids is 1. The minimum atomic E-state index is -0.814. The van der Waals surface area contributed by atoms with Crippen molar-refractivity contribution in [2.24, 2.45) is 5.92 Å². The van der Waals surface area contributed by atoms with Gasteiger partial charge in [-0.3, -0.25) is 4.79 Å². The summed E-state index contributed by atoms with van der Waals surface area (Å²) in [6, 6.07) is 18.0. The van der Waals surface area contributed by atoms with Crippen LogP contribution in [0.25, 0.3) is 0 Å². The maximum Gasteiger partial charge on any atom is 0.303 e. The van der Waals surface area contributed by atoms with Crippen LogP contribution in [0.4, 0.5) is 22.9 Å². The summed E-state index contributed by atoms with van der Waals surface area (Å²) in [7, 11) is 3.32. The maximum absolute atomic E-state index is 11.3. The molecule has 0 spiro atoms. The Labute approximate surface area is 207 Å². The first kappa shape index (κ1) is 26.0. The van der Waals surface area contributed by atoms with Gasteiger partial charge >= 0.3 is 5.97 Å². The van der Waals surface area contributed by atoms with Gasteiger partial charge in [-0.05, 0) is 65.4 Å². The summed E-state index contributed by atoms with van der Waals surface area (Å²) in [6.45, 7) is 7.59. The molecule has 0 aliphatic rings. The fraction of sp³-hybridized carbons (Fsp3) is 0.357. The number of carbonyl (C=O) groups is 1. The number of carboxylic acids is 1. The summed E-state index contributed by atoms with van der Waals surface area (Å²) in [4.78, 5) is 18.1. The highest BCUT2D eigenvalue weighted by Crippen LogP contribution is 2.37. The molecule has 35 heavy (non-hydrogen) atoms. The molecule has 2 aromatic carbocycles. The zero-order chi connectivity index (χ0) is 25.4. The zero-order valence-corrected chi connectivity index (χ0v) is 21.1. The van der Waals surface area contributed by atoms with Gasteiger partial charge in [0.05, 0.1) is 31.5 Å². The highest BCUT2D eigenvalue weighted by atomic mass is 16.5. The van der Waals surface area contributed by atoms with Crippen LogP contribution in [0.1, 0.15) is 44.2 Å². The molecule has 0 aliphatic heterocycles.